The molecule has 0 aliphatic heterocycles. The average Bonchev–Trinajstić information content (AvgIpc) is 2.32. The molecule has 0 saturated carbocycles. The molecule has 104 valence electrons. The molecule has 6 heteroatoms. The first-order valence-electron chi connectivity index (χ1n) is 5.70. The quantitative estimate of drug-likeness (QED) is 0.728. The van der Waals surface area contributed by atoms with Gasteiger partial charge in [0.05, 0.1) is 5.69 Å². The number of halogens is 3. The van der Waals surface area contributed by atoms with Gasteiger partial charge in [-0.2, -0.15) is 0 Å². The molecule has 0 aliphatic rings. The predicted octanol–water partition coefficient (Wildman–Crippen LogP) is 4.49. The molecule has 0 atom stereocenters. The summed E-state index contributed by atoms with van der Waals surface area (Å²) >= 11 is 6.66. The first-order valence-corrected chi connectivity index (χ1v) is 7.28. The Bertz CT molecular complexity index is 646. The molecular weight excluding hydrogens is 391 g/mol. The fourth-order valence-electron chi connectivity index (χ4n) is 1.77. The number of rotatable bonds is 2. The van der Waals surface area contributed by atoms with Crippen LogP contribution in [0.5, 0.6) is 0 Å². The lowest BCUT2D eigenvalue weighted by molar-refractivity contribution is 0.102. The van der Waals surface area contributed by atoms with Gasteiger partial charge in [0.2, 0.25) is 0 Å². The monoisotopic (exact) mass is 400 g/mol. The molecule has 0 aromatic heterocycles. The van der Waals surface area contributed by atoms with Crippen molar-refractivity contribution < 1.29 is 9.18 Å². The molecule has 0 unspecified atom stereocenters. The second kappa shape index (κ2) is 5.93. The third-order valence-electron chi connectivity index (χ3n) is 2.61. The van der Waals surface area contributed by atoms with E-state index in [4.69, 9.17) is 5.73 Å². The molecule has 2 aromatic rings. The van der Waals surface area contributed by atoms with Gasteiger partial charge in [-0.3, -0.25) is 4.79 Å². The van der Waals surface area contributed by atoms with E-state index in [1.54, 1.807) is 25.1 Å². The summed E-state index contributed by atoms with van der Waals surface area (Å²) < 4.78 is 14.6. The summed E-state index contributed by atoms with van der Waals surface area (Å²) in [6.07, 6.45) is 0. The molecule has 0 saturated heterocycles. The third-order valence-corrected chi connectivity index (χ3v) is 3.86. The number of carbonyl (C=O) groups excluding carboxylic acids is 1. The van der Waals surface area contributed by atoms with Crippen LogP contribution in [-0.2, 0) is 0 Å². The Morgan fingerprint density at radius 2 is 1.75 bits per heavy atom. The number of amides is 1. The number of hydrogen-bond donors (Lipinski definition) is 2. The van der Waals surface area contributed by atoms with Gasteiger partial charge in [0.1, 0.15) is 5.82 Å². The molecule has 0 heterocycles. The second-order valence-electron chi connectivity index (χ2n) is 4.33. The van der Waals surface area contributed by atoms with Crippen LogP contribution in [0.2, 0.25) is 0 Å². The van der Waals surface area contributed by atoms with Crippen molar-refractivity contribution in [3.05, 3.63) is 56.2 Å². The molecule has 3 N–H and O–H groups in total. The molecular formula is C14H11Br2FN2O. The Labute approximate surface area is 132 Å². The van der Waals surface area contributed by atoms with Crippen LogP contribution < -0.4 is 11.1 Å². The Morgan fingerprint density at radius 3 is 2.30 bits per heavy atom. The van der Waals surface area contributed by atoms with Crippen molar-refractivity contribution in [1.29, 1.82) is 0 Å². The van der Waals surface area contributed by atoms with Gasteiger partial charge in [-0.15, -0.1) is 0 Å². The minimum absolute atomic E-state index is 0.262. The molecule has 20 heavy (non-hydrogen) atoms. The largest absolute Gasteiger partial charge is 0.399 e. The number of nitrogens with two attached hydrogens (primary N) is 1. The Kier molecular flexibility index (Phi) is 4.45. The highest BCUT2D eigenvalue weighted by Crippen LogP contribution is 2.33. The molecule has 0 aliphatic carbocycles. The smallest absolute Gasteiger partial charge is 0.255 e. The van der Waals surface area contributed by atoms with Gasteiger partial charge in [-0.25, -0.2) is 4.39 Å². The highest BCUT2D eigenvalue weighted by atomic mass is 79.9. The number of nitrogen functional groups attached to an aromatic ring is 1. The number of aryl methyl sites for hydroxylation is 1. The van der Waals surface area contributed by atoms with Gasteiger partial charge in [-0.05, 0) is 74.7 Å². The van der Waals surface area contributed by atoms with Crippen molar-refractivity contribution in [2.24, 2.45) is 0 Å². The van der Waals surface area contributed by atoms with Crippen LogP contribution in [0.1, 0.15) is 15.9 Å². The van der Waals surface area contributed by atoms with E-state index in [1.807, 2.05) is 0 Å². The third kappa shape index (κ3) is 3.37. The van der Waals surface area contributed by atoms with E-state index < -0.39 is 11.7 Å². The second-order valence-corrected chi connectivity index (χ2v) is 6.04. The van der Waals surface area contributed by atoms with E-state index in [0.717, 1.165) is 0 Å². The highest BCUT2D eigenvalue weighted by Gasteiger charge is 2.13. The number of anilines is 2. The van der Waals surface area contributed by atoms with Crippen molar-refractivity contribution in [2.45, 2.75) is 6.92 Å². The summed E-state index contributed by atoms with van der Waals surface area (Å²) in [6.45, 7) is 1.73. The maximum atomic E-state index is 13.3. The lowest BCUT2D eigenvalue weighted by Gasteiger charge is -2.11. The predicted molar refractivity (Wildman–Crippen MR) is 85.3 cm³/mol. The molecule has 0 bridgehead atoms. The van der Waals surface area contributed by atoms with Gasteiger partial charge in [-0.1, -0.05) is 0 Å². The summed E-state index contributed by atoms with van der Waals surface area (Å²) in [5, 5.41) is 2.72. The Balaban J connectivity index is 2.32. The van der Waals surface area contributed by atoms with Gasteiger partial charge in [0.15, 0.2) is 0 Å². The van der Waals surface area contributed by atoms with Crippen LogP contribution >= 0.6 is 31.9 Å². The normalized spacial score (nSPS) is 10.4. The lowest BCUT2D eigenvalue weighted by Crippen LogP contribution is -2.13. The molecule has 1 amide bonds. The topological polar surface area (TPSA) is 55.1 Å². The molecule has 3 nitrogen and oxygen atoms in total. The van der Waals surface area contributed by atoms with Crippen LogP contribution in [0, 0.1) is 12.7 Å². The van der Waals surface area contributed by atoms with Gasteiger partial charge < -0.3 is 11.1 Å². The number of nitrogens with one attached hydrogen (secondary N) is 1. The van der Waals surface area contributed by atoms with Gasteiger partial charge in [0, 0.05) is 20.2 Å². The fourth-order valence-corrected chi connectivity index (χ4v) is 3.19. The zero-order valence-electron chi connectivity index (χ0n) is 10.5. The van der Waals surface area contributed by atoms with E-state index in [2.05, 4.69) is 37.2 Å². The SMILES string of the molecule is Cc1cc(F)cc(C(=O)Nc2c(Br)cc(N)cc2Br)c1. The van der Waals surface area contributed by atoms with Crippen LogP contribution in [0.3, 0.4) is 0 Å². The molecule has 0 spiro atoms. The first kappa shape index (κ1) is 15.0. The van der Waals surface area contributed by atoms with Crippen LogP contribution in [0.4, 0.5) is 15.8 Å². The van der Waals surface area contributed by atoms with Gasteiger partial charge in [0.25, 0.3) is 5.91 Å². The standard InChI is InChI=1S/C14H11Br2FN2O/c1-7-2-8(4-9(17)3-7)14(20)19-13-11(15)5-10(18)6-12(13)16/h2-6H,18H2,1H3,(H,19,20). The van der Waals surface area contributed by atoms with Gasteiger partial charge >= 0.3 is 0 Å². The maximum Gasteiger partial charge on any atom is 0.255 e. The van der Waals surface area contributed by atoms with Crippen molar-refractivity contribution in [3.63, 3.8) is 0 Å². The van der Waals surface area contributed by atoms with E-state index in [-0.39, 0.29) is 5.56 Å². The summed E-state index contributed by atoms with van der Waals surface area (Å²) in [6, 6.07) is 7.54. The molecule has 0 fully saturated rings. The fraction of sp³-hybridized carbons (Fsp3) is 0.0714. The van der Waals surface area contributed by atoms with E-state index >= 15 is 0 Å². The van der Waals surface area contributed by atoms with Crippen LogP contribution in [-0.4, -0.2) is 5.91 Å². The summed E-state index contributed by atoms with van der Waals surface area (Å²) in [5.74, 6) is -0.829. The molecule has 0 radical (unpaired) electrons. The van der Waals surface area contributed by atoms with Crippen molar-refractivity contribution in [2.75, 3.05) is 11.1 Å². The Morgan fingerprint density at radius 1 is 1.15 bits per heavy atom. The zero-order chi connectivity index (χ0) is 14.9. The maximum absolute atomic E-state index is 13.3. The number of benzene rings is 2. The summed E-state index contributed by atoms with van der Waals surface area (Å²) in [4.78, 5) is 12.2. The van der Waals surface area contributed by atoms with Crippen molar-refractivity contribution in [3.8, 4) is 0 Å². The first-order chi connectivity index (χ1) is 9.36. The summed E-state index contributed by atoms with van der Waals surface area (Å²) in [7, 11) is 0. The van der Waals surface area contributed by atoms with Crippen molar-refractivity contribution in [1.82, 2.24) is 0 Å². The molecule has 2 rings (SSSR count). The minimum atomic E-state index is -0.439. The van der Waals surface area contributed by atoms with Crippen molar-refractivity contribution >= 4 is 49.1 Å². The van der Waals surface area contributed by atoms with E-state index in [9.17, 15) is 9.18 Å². The molecule has 2 aromatic carbocycles. The van der Waals surface area contributed by atoms with Crippen LogP contribution in [0.25, 0.3) is 0 Å². The van der Waals surface area contributed by atoms with E-state index in [1.165, 1.54) is 12.1 Å². The zero-order valence-corrected chi connectivity index (χ0v) is 13.7. The Hall–Kier alpha value is -1.40. The van der Waals surface area contributed by atoms with Crippen LogP contribution in [0.15, 0.2) is 39.3 Å². The van der Waals surface area contributed by atoms with E-state index in [0.29, 0.717) is 25.9 Å². The highest BCUT2D eigenvalue weighted by molar-refractivity contribution is 9.11. The number of carbonyl (C=O) groups is 1. The number of hydrogen-bond acceptors (Lipinski definition) is 2. The average molecular weight is 402 g/mol. The minimum Gasteiger partial charge on any atom is -0.399 e. The lowest BCUT2D eigenvalue weighted by atomic mass is 10.1. The summed E-state index contributed by atoms with van der Waals surface area (Å²) in [5.41, 5.74) is 7.74.